The number of alkyl halides is 6. The molecule has 216 valence electrons. The number of carbonyl (C=O) groups is 3. The van der Waals surface area contributed by atoms with Gasteiger partial charge in [-0.2, -0.15) is 26.3 Å². The lowest BCUT2D eigenvalue weighted by Gasteiger charge is -2.35. The van der Waals surface area contributed by atoms with Crippen LogP contribution in [-0.2, 0) is 21.9 Å². The normalized spacial score (nSPS) is 16.1. The molecule has 2 aromatic rings. The predicted molar refractivity (Wildman–Crippen MR) is 133 cm³/mol. The molecule has 0 saturated heterocycles. The van der Waals surface area contributed by atoms with Gasteiger partial charge in [-0.3, -0.25) is 4.90 Å². The van der Waals surface area contributed by atoms with E-state index < -0.39 is 59.3 Å². The van der Waals surface area contributed by atoms with E-state index in [1.165, 1.54) is 23.1 Å². The fourth-order valence-corrected chi connectivity index (χ4v) is 4.07. The summed E-state index contributed by atoms with van der Waals surface area (Å²) < 4.78 is 84.2. The molecule has 1 heterocycles. The molecule has 1 aliphatic heterocycles. The molecule has 4 amide bonds. The Bertz CT molecular complexity index is 1300. The number of benzene rings is 2. The Labute approximate surface area is 225 Å². The quantitative estimate of drug-likeness (QED) is 0.266. The highest BCUT2D eigenvalue weighted by atomic mass is 19.4. The van der Waals surface area contributed by atoms with Crippen LogP contribution in [0.15, 0.2) is 53.7 Å². The van der Waals surface area contributed by atoms with Gasteiger partial charge in [0.15, 0.2) is 0 Å². The van der Waals surface area contributed by atoms with Crippen molar-refractivity contribution in [1.82, 2.24) is 10.2 Å². The second-order valence-electron chi connectivity index (χ2n) is 9.08. The smallest absolute Gasteiger partial charge is 0.416 e. The van der Waals surface area contributed by atoms with E-state index in [1.54, 1.807) is 33.8 Å². The Hall–Kier alpha value is -4.23. The topological polar surface area (TPSA) is 99.8 Å². The number of anilines is 2. The summed E-state index contributed by atoms with van der Waals surface area (Å²) in [5.74, 6) is -0.669. The maximum absolute atomic E-state index is 13.1. The number of rotatable bonds is 6. The predicted octanol–water partition coefficient (Wildman–Crippen LogP) is 6.68. The lowest BCUT2D eigenvalue weighted by atomic mass is 9.94. The van der Waals surface area contributed by atoms with E-state index in [-0.39, 0.29) is 23.9 Å². The van der Waals surface area contributed by atoms with Gasteiger partial charge >= 0.3 is 30.4 Å². The summed E-state index contributed by atoms with van der Waals surface area (Å²) in [6.07, 6.45) is -10.6. The molecule has 40 heavy (non-hydrogen) atoms. The van der Waals surface area contributed by atoms with Gasteiger partial charge in [-0.25, -0.2) is 14.4 Å². The van der Waals surface area contributed by atoms with Crippen molar-refractivity contribution in [1.29, 1.82) is 0 Å². The second kappa shape index (κ2) is 11.5. The molecule has 0 saturated carbocycles. The zero-order valence-corrected chi connectivity index (χ0v) is 21.8. The van der Waals surface area contributed by atoms with Gasteiger partial charge in [0.05, 0.1) is 28.8 Å². The fraction of sp³-hybridized carbons (Fsp3) is 0.346. The molecule has 2 aromatic carbocycles. The second-order valence-corrected chi connectivity index (χ2v) is 9.08. The van der Waals surface area contributed by atoms with Crippen LogP contribution in [0.5, 0.6) is 0 Å². The van der Waals surface area contributed by atoms with Crippen molar-refractivity contribution in [3.8, 4) is 0 Å². The van der Waals surface area contributed by atoms with Gasteiger partial charge in [0.1, 0.15) is 0 Å². The number of nitrogens with one attached hydrogen (secondary N) is 3. The number of urea groups is 2. The number of hydrogen-bond acceptors (Lipinski definition) is 4. The monoisotopic (exact) mass is 572 g/mol. The third-order valence-electron chi connectivity index (χ3n) is 5.80. The molecule has 0 radical (unpaired) electrons. The first-order valence-electron chi connectivity index (χ1n) is 12.0. The summed E-state index contributed by atoms with van der Waals surface area (Å²) in [6.45, 7) is 6.90. The van der Waals surface area contributed by atoms with E-state index in [1.807, 2.05) is 5.32 Å². The van der Waals surface area contributed by atoms with Crippen LogP contribution < -0.4 is 16.0 Å². The summed E-state index contributed by atoms with van der Waals surface area (Å²) in [6, 6.07) is 3.98. The Morgan fingerprint density at radius 2 is 1.55 bits per heavy atom. The van der Waals surface area contributed by atoms with Gasteiger partial charge < -0.3 is 20.7 Å². The molecule has 3 N–H and O–H groups in total. The van der Waals surface area contributed by atoms with E-state index in [0.29, 0.717) is 23.4 Å². The van der Waals surface area contributed by atoms with E-state index in [2.05, 4.69) is 10.6 Å². The van der Waals surface area contributed by atoms with Gasteiger partial charge in [-0.15, -0.1) is 0 Å². The molecule has 0 aliphatic carbocycles. The van der Waals surface area contributed by atoms with Gasteiger partial charge in [-0.05, 0) is 63.6 Å². The molecule has 8 nitrogen and oxygen atoms in total. The zero-order chi connectivity index (χ0) is 30.0. The first-order valence-corrected chi connectivity index (χ1v) is 12.0. The number of ether oxygens (including phenoxy) is 1. The molecule has 14 heteroatoms. The van der Waals surface area contributed by atoms with E-state index in [0.717, 1.165) is 0 Å². The minimum Gasteiger partial charge on any atom is -0.459 e. The number of carbonyl (C=O) groups excluding carboxylic acids is 3. The summed E-state index contributed by atoms with van der Waals surface area (Å²) in [7, 11) is 0. The summed E-state index contributed by atoms with van der Waals surface area (Å²) >= 11 is 0. The lowest BCUT2D eigenvalue weighted by molar-refractivity contribution is -0.144. The summed E-state index contributed by atoms with van der Waals surface area (Å²) in [4.78, 5) is 39.5. The standard InChI is InChI=1S/C26H26F6N4O4/c1-5-36-14(4)20(22(37)40-13(2)3)21(35-24(36)39)15-7-6-8-18(9-15)33-23(38)34-19-11-16(25(27,28)29)10-17(12-19)26(30,31)32/h6-13,21H,5H2,1-4H3,(H,35,39)(H2,33,34,38). The molecule has 1 aliphatic rings. The average molecular weight is 573 g/mol. The van der Waals surface area contributed by atoms with E-state index in [9.17, 15) is 40.7 Å². The highest BCUT2D eigenvalue weighted by Gasteiger charge is 2.38. The first-order chi connectivity index (χ1) is 18.5. The summed E-state index contributed by atoms with van der Waals surface area (Å²) in [5, 5.41) is 7.03. The molecular formula is C26H26F6N4O4. The molecule has 1 atom stereocenters. The number of halogens is 6. The zero-order valence-electron chi connectivity index (χ0n) is 21.8. The number of hydrogen-bond donors (Lipinski definition) is 3. The third kappa shape index (κ3) is 7.04. The van der Waals surface area contributed by atoms with Crippen molar-refractivity contribution >= 4 is 29.4 Å². The van der Waals surface area contributed by atoms with Crippen molar-refractivity contribution in [2.24, 2.45) is 0 Å². The molecule has 1 unspecified atom stereocenters. The van der Waals surface area contributed by atoms with Crippen LogP contribution in [0.4, 0.5) is 47.3 Å². The van der Waals surface area contributed by atoms with Gasteiger partial charge in [-0.1, -0.05) is 12.1 Å². The van der Waals surface area contributed by atoms with Crippen molar-refractivity contribution in [3.05, 3.63) is 70.4 Å². The minimum atomic E-state index is -5.08. The lowest BCUT2D eigenvalue weighted by Crippen LogP contribution is -2.48. The fourth-order valence-electron chi connectivity index (χ4n) is 4.07. The van der Waals surface area contributed by atoms with E-state index in [4.69, 9.17) is 4.74 Å². The molecule has 0 spiro atoms. The number of esters is 1. The third-order valence-corrected chi connectivity index (χ3v) is 5.80. The van der Waals surface area contributed by atoms with Gasteiger partial charge in [0.25, 0.3) is 0 Å². The van der Waals surface area contributed by atoms with Crippen LogP contribution in [-0.4, -0.2) is 35.6 Å². The van der Waals surface area contributed by atoms with Crippen LogP contribution >= 0.6 is 0 Å². The van der Waals surface area contributed by atoms with Crippen LogP contribution in [0.25, 0.3) is 0 Å². The highest BCUT2D eigenvalue weighted by Crippen LogP contribution is 2.38. The van der Waals surface area contributed by atoms with Crippen molar-refractivity contribution in [3.63, 3.8) is 0 Å². The Morgan fingerprint density at radius 1 is 0.975 bits per heavy atom. The molecular weight excluding hydrogens is 546 g/mol. The minimum absolute atomic E-state index is 0.0535. The van der Waals surface area contributed by atoms with Crippen LogP contribution in [0.2, 0.25) is 0 Å². The molecule has 0 aromatic heterocycles. The van der Waals surface area contributed by atoms with Crippen LogP contribution in [0.1, 0.15) is 50.4 Å². The Balaban J connectivity index is 1.90. The maximum atomic E-state index is 13.1. The number of allylic oxidation sites excluding steroid dienone is 1. The summed E-state index contributed by atoms with van der Waals surface area (Å²) in [5.41, 5.74) is -2.95. The highest BCUT2D eigenvalue weighted by molar-refractivity contribution is 6.00. The van der Waals surface area contributed by atoms with E-state index >= 15 is 0 Å². The SMILES string of the molecule is CCN1C(=O)NC(c2cccc(NC(=O)Nc3cc(C(F)(F)F)cc(C(F)(F)F)c3)c2)C(C(=O)OC(C)C)=C1C. The maximum Gasteiger partial charge on any atom is 0.416 e. The van der Waals surface area contributed by atoms with Crippen molar-refractivity contribution in [2.45, 2.75) is 52.2 Å². The van der Waals surface area contributed by atoms with Gasteiger partial charge in [0.2, 0.25) is 0 Å². The number of amides is 4. The first kappa shape index (κ1) is 30.3. The molecule has 0 fully saturated rings. The largest absolute Gasteiger partial charge is 0.459 e. The van der Waals surface area contributed by atoms with Gasteiger partial charge in [0, 0.05) is 23.6 Å². The Kier molecular flexibility index (Phi) is 8.70. The number of nitrogens with zero attached hydrogens (tertiary/aromatic N) is 1. The Morgan fingerprint density at radius 3 is 2.08 bits per heavy atom. The average Bonchev–Trinajstić information content (AvgIpc) is 2.82. The molecule has 0 bridgehead atoms. The van der Waals surface area contributed by atoms with Crippen molar-refractivity contribution in [2.75, 3.05) is 17.2 Å². The van der Waals surface area contributed by atoms with Crippen LogP contribution in [0, 0.1) is 0 Å². The molecule has 3 rings (SSSR count). The van der Waals surface area contributed by atoms with Crippen molar-refractivity contribution < 1.29 is 45.5 Å². The van der Waals surface area contributed by atoms with Crippen LogP contribution in [0.3, 0.4) is 0 Å².